The van der Waals surface area contributed by atoms with Crippen LogP contribution in [-0.4, -0.2) is 12.1 Å². The van der Waals surface area contributed by atoms with Crippen molar-refractivity contribution in [2.75, 3.05) is 7.11 Å². The van der Waals surface area contributed by atoms with Crippen molar-refractivity contribution < 1.29 is 9.15 Å². The van der Waals surface area contributed by atoms with E-state index in [2.05, 4.69) is 4.98 Å². The van der Waals surface area contributed by atoms with Gasteiger partial charge in [0.2, 0.25) is 5.89 Å². The van der Waals surface area contributed by atoms with Gasteiger partial charge in [-0.3, -0.25) is 0 Å². The first kappa shape index (κ1) is 9.23. The fourth-order valence-corrected chi connectivity index (χ4v) is 1.91. The van der Waals surface area contributed by atoms with E-state index in [9.17, 15) is 0 Å². The van der Waals surface area contributed by atoms with Gasteiger partial charge in [0.1, 0.15) is 16.9 Å². The van der Waals surface area contributed by atoms with Crippen LogP contribution in [0.2, 0.25) is 0 Å². The quantitative estimate of drug-likeness (QED) is 0.840. The highest BCUT2D eigenvalue weighted by molar-refractivity contribution is 7.13. The summed E-state index contributed by atoms with van der Waals surface area (Å²) in [6.45, 7) is 0.386. The molecule has 2 N–H and O–H groups in total. The maximum atomic E-state index is 5.44. The Morgan fingerprint density at radius 3 is 3.14 bits per heavy atom. The molecule has 2 aromatic rings. The second-order valence-corrected chi connectivity index (χ2v) is 3.58. The van der Waals surface area contributed by atoms with Crippen LogP contribution in [0, 0.1) is 0 Å². The first-order chi connectivity index (χ1) is 6.85. The molecule has 5 heteroatoms. The van der Waals surface area contributed by atoms with Crippen molar-refractivity contribution in [3.8, 4) is 16.5 Å². The van der Waals surface area contributed by atoms with Crippen molar-refractivity contribution in [1.82, 2.24) is 4.98 Å². The lowest BCUT2D eigenvalue weighted by atomic mass is 10.4. The van der Waals surface area contributed by atoms with Crippen molar-refractivity contribution >= 4 is 11.3 Å². The molecular formula is C9H10N2O2S. The lowest BCUT2D eigenvalue weighted by molar-refractivity contribution is 0.416. The molecule has 0 amide bonds. The molecule has 4 nitrogen and oxygen atoms in total. The number of thiophene rings is 1. The standard InChI is InChI=1S/C9H10N2O2S/c1-12-7-2-3-14-8(7)9-11-6(4-10)5-13-9/h2-3,5H,4,10H2,1H3. The molecule has 2 heterocycles. The Kier molecular flexibility index (Phi) is 2.51. The van der Waals surface area contributed by atoms with Crippen LogP contribution in [0.3, 0.4) is 0 Å². The molecule has 0 aliphatic heterocycles. The molecule has 0 aliphatic carbocycles. The Labute approximate surface area is 85.3 Å². The van der Waals surface area contributed by atoms with Crippen LogP contribution in [0.25, 0.3) is 10.8 Å². The first-order valence-corrected chi connectivity index (χ1v) is 4.99. The van der Waals surface area contributed by atoms with Crippen molar-refractivity contribution in [2.45, 2.75) is 6.54 Å². The molecule has 2 aromatic heterocycles. The van der Waals surface area contributed by atoms with E-state index in [1.807, 2.05) is 11.4 Å². The lowest BCUT2D eigenvalue weighted by Crippen LogP contribution is -1.95. The minimum Gasteiger partial charge on any atom is -0.495 e. The average Bonchev–Trinajstić information content (AvgIpc) is 2.85. The van der Waals surface area contributed by atoms with E-state index >= 15 is 0 Å². The zero-order chi connectivity index (χ0) is 9.97. The number of ether oxygens (including phenoxy) is 1. The number of oxazole rings is 1. The summed E-state index contributed by atoms with van der Waals surface area (Å²) >= 11 is 1.53. The Bertz CT molecular complexity index is 422. The van der Waals surface area contributed by atoms with E-state index in [-0.39, 0.29) is 0 Å². The molecule has 0 radical (unpaired) electrons. The van der Waals surface area contributed by atoms with Crippen molar-refractivity contribution in [2.24, 2.45) is 5.73 Å². The molecule has 0 spiro atoms. The number of nitrogens with zero attached hydrogens (tertiary/aromatic N) is 1. The van der Waals surface area contributed by atoms with Gasteiger partial charge in [0, 0.05) is 6.54 Å². The summed E-state index contributed by atoms with van der Waals surface area (Å²) in [5.74, 6) is 1.35. The maximum absolute atomic E-state index is 5.44. The van der Waals surface area contributed by atoms with Gasteiger partial charge in [0.15, 0.2) is 0 Å². The number of methoxy groups -OCH3 is 1. The van der Waals surface area contributed by atoms with Gasteiger partial charge in [-0.1, -0.05) is 0 Å². The lowest BCUT2D eigenvalue weighted by Gasteiger charge is -1.96. The summed E-state index contributed by atoms with van der Waals surface area (Å²) in [6.07, 6.45) is 1.56. The third kappa shape index (κ3) is 1.51. The molecule has 0 fully saturated rings. The number of rotatable bonds is 3. The SMILES string of the molecule is COc1ccsc1-c1nc(CN)co1. The Hall–Kier alpha value is -1.33. The van der Waals surface area contributed by atoms with Crippen molar-refractivity contribution in [3.63, 3.8) is 0 Å². The molecule has 0 bridgehead atoms. The zero-order valence-electron chi connectivity index (χ0n) is 7.69. The van der Waals surface area contributed by atoms with Gasteiger partial charge in [-0.05, 0) is 11.4 Å². The van der Waals surface area contributed by atoms with E-state index in [0.29, 0.717) is 12.4 Å². The van der Waals surface area contributed by atoms with Crippen LogP contribution in [0.15, 0.2) is 22.1 Å². The fourth-order valence-electron chi connectivity index (χ4n) is 1.12. The van der Waals surface area contributed by atoms with Crippen LogP contribution < -0.4 is 10.5 Å². The summed E-state index contributed by atoms with van der Waals surface area (Å²) in [4.78, 5) is 5.11. The van der Waals surface area contributed by atoms with Gasteiger partial charge >= 0.3 is 0 Å². The number of nitrogens with two attached hydrogens (primary N) is 1. The van der Waals surface area contributed by atoms with E-state index in [1.54, 1.807) is 13.4 Å². The number of aromatic nitrogens is 1. The van der Waals surface area contributed by atoms with E-state index in [4.69, 9.17) is 14.9 Å². The van der Waals surface area contributed by atoms with Crippen LogP contribution in [0.5, 0.6) is 5.75 Å². The van der Waals surface area contributed by atoms with Gasteiger partial charge in [-0.2, -0.15) is 0 Å². The topological polar surface area (TPSA) is 61.3 Å². The van der Waals surface area contributed by atoms with Crippen LogP contribution >= 0.6 is 11.3 Å². The van der Waals surface area contributed by atoms with Gasteiger partial charge in [0.25, 0.3) is 0 Å². The van der Waals surface area contributed by atoms with Gasteiger partial charge < -0.3 is 14.9 Å². The van der Waals surface area contributed by atoms with E-state index in [1.165, 1.54) is 11.3 Å². The maximum Gasteiger partial charge on any atom is 0.240 e. The highest BCUT2D eigenvalue weighted by atomic mass is 32.1. The third-order valence-corrected chi connectivity index (χ3v) is 2.69. The van der Waals surface area contributed by atoms with Crippen LogP contribution in [0.4, 0.5) is 0 Å². The minimum atomic E-state index is 0.386. The van der Waals surface area contributed by atoms with Crippen LogP contribution in [-0.2, 0) is 6.54 Å². The predicted molar refractivity (Wildman–Crippen MR) is 54.3 cm³/mol. The summed E-state index contributed by atoms with van der Waals surface area (Å²) in [5.41, 5.74) is 6.18. The first-order valence-electron chi connectivity index (χ1n) is 4.11. The highest BCUT2D eigenvalue weighted by Gasteiger charge is 2.12. The van der Waals surface area contributed by atoms with E-state index in [0.717, 1.165) is 16.3 Å². The third-order valence-electron chi connectivity index (χ3n) is 1.80. The van der Waals surface area contributed by atoms with Gasteiger partial charge in [-0.15, -0.1) is 11.3 Å². The van der Waals surface area contributed by atoms with Gasteiger partial charge in [0.05, 0.1) is 12.8 Å². The van der Waals surface area contributed by atoms with Crippen molar-refractivity contribution in [1.29, 1.82) is 0 Å². The molecular weight excluding hydrogens is 200 g/mol. The largest absolute Gasteiger partial charge is 0.495 e. The summed E-state index contributed by atoms with van der Waals surface area (Å²) in [5, 5.41) is 1.93. The zero-order valence-corrected chi connectivity index (χ0v) is 8.50. The average molecular weight is 210 g/mol. The smallest absolute Gasteiger partial charge is 0.240 e. The molecule has 14 heavy (non-hydrogen) atoms. The second kappa shape index (κ2) is 3.81. The minimum absolute atomic E-state index is 0.386. The molecule has 0 saturated heterocycles. The fraction of sp³-hybridized carbons (Fsp3) is 0.222. The molecule has 74 valence electrons. The monoisotopic (exact) mass is 210 g/mol. The molecule has 0 unspecified atom stereocenters. The van der Waals surface area contributed by atoms with Gasteiger partial charge in [-0.25, -0.2) is 4.98 Å². The molecule has 0 aliphatic rings. The Balaban J connectivity index is 2.38. The number of hydrogen-bond acceptors (Lipinski definition) is 5. The van der Waals surface area contributed by atoms with Crippen LogP contribution in [0.1, 0.15) is 5.69 Å². The molecule has 0 atom stereocenters. The summed E-state index contributed by atoms with van der Waals surface area (Å²) in [7, 11) is 1.62. The second-order valence-electron chi connectivity index (χ2n) is 2.67. The summed E-state index contributed by atoms with van der Waals surface area (Å²) < 4.78 is 10.4. The molecule has 0 aromatic carbocycles. The normalized spacial score (nSPS) is 10.4. The molecule has 0 saturated carbocycles. The summed E-state index contributed by atoms with van der Waals surface area (Å²) in [6, 6.07) is 1.88. The predicted octanol–water partition coefficient (Wildman–Crippen LogP) is 1.87. The highest BCUT2D eigenvalue weighted by Crippen LogP contribution is 2.34. The Morgan fingerprint density at radius 2 is 2.50 bits per heavy atom. The van der Waals surface area contributed by atoms with E-state index < -0.39 is 0 Å². The van der Waals surface area contributed by atoms with Crippen molar-refractivity contribution in [3.05, 3.63) is 23.4 Å². The molecule has 2 rings (SSSR count). The number of hydrogen-bond donors (Lipinski definition) is 1. The Morgan fingerprint density at radius 1 is 1.64 bits per heavy atom.